The molecule has 2 fully saturated rings. The molecule has 2 aliphatic heterocycles. The first-order valence-corrected chi connectivity index (χ1v) is 9.07. The maximum absolute atomic E-state index is 3.82. The minimum absolute atomic E-state index is 0.452. The van der Waals surface area contributed by atoms with E-state index in [1.54, 1.807) is 0 Å². The third-order valence-corrected chi connectivity index (χ3v) is 5.83. The molecular weight excluding hydrogens is 240 g/mol. The lowest BCUT2D eigenvalue weighted by molar-refractivity contribution is 0.188. The Hall–Kier alpha value is 0.270. The molecule has 2 saturated heterocycles. The van der Waals surface area contributed by atoms with Crippen molar-refractivity contribution in [2.45, 2.75) is 62.7 Å². The maximum atomic E-state index is 3.82. The predicted molar refractivity (Wildman–Crippen MR) is 82.5 cm³/mol. The highest BCUT2D eigenvalue weighted by Gasteiger charge is 2.34. The summed E-state index contributed by atoms with van der Waals surface area (Å²) in [6, 6.07) is 0. The summed E-state index contributed by atoms with van der Waals surface area (Å²) in [4.78, 5) is 2.74. The SMILES string of the molecule is CCCC1(CN2CCCC(SC)CC2)CCCN1. The summed E-state index contributed by atoms with van der Waals surface area (Å²) in [5, 5.41) is 4.73. The minimum atomic E-state index is 0.452. The van der Waals surface area contributed by atoms with Gasteiger partial charge in [0, 0.05) is 17.3 Å². The Labute approximate surface area is 117 Å². The van der Waals surface area contributed by atoms with Crippen LogP contribution in [0, 0.1) is 0 Å². The maximum Gasteiger partial charge on any atom is 0.0309 e. The van der Waals surface area contributed by atoms with Gasteiger partial charge in [-0.15, -0.1) is 0 Å². The van der Waals surface area contributed by atoms with E-state index < -0.39 is 0 Å². The molecule has 1 N–H and O–H groups in total. The van der Waals surface area contributed by atoms with E-state index in [-0.39, 0.29) is 0 Å². The van der Waals surface area contributed by atoms with Gasteiger partial charge < -0.3 is 10.2 Å². The van der Waals surface area contributed by atoms with Gasteiger partial charge in [0.25, 0.3) is 0 Å². The lowest BCUT2D eigenvalue weighted by atomic mass is 9.91. The van der Waals surface area contributed by atoms with E-state index in [2.05, 4.69) is 35.2 Å². The lowest BCUT2D eigenvalue weighted by Gasteiger charge is -2.35. The van der Waals surface area contributed by atoms with Crippen molar-refractivity contribution in [1.82, 2.24) is 10.2 Å². The van der Waals surface area contributed by atoms with Crippen LogP contribution in [0.3, 0.4) is 0 Å². The van der Waals surface area contributed by atoms with Gasteiger partial charge in [-0.3, -0.25) is 0 Å². The first-order valence-electron chi connectivity index (χ1n) is 7.78. The molecule has 0 amide bonds. The summed E-state index contributed by atoms with van der Waals surface area (Å²) in [7, 11) is 0. The molecule has 3 heteroatoms. The second-order valence-electron chi connectivity index (χ2n) is 6.13. The second kappa shape index (κ2) is 7.16. The highest BCUT2D eigenvalue weighted by atomic mass is 32.2. The Balaban J connectivity index is 1.87. The van der Waals surface area contributed by atoms with Gasteiger partial charge in [0.1, 0.15) is 0 Å². The first kappa shape index (κ1) is 14.7. The highest BCUT2D eigenvalue weighted by Crippen LogP contribution is 2.28. The summed E-state index contributed by atoms with van der Waals surface area (Å²) in [5.41, 5.74) is 0.452. The molecule has 0 spiro atoms. The fourth-order valence-electron chi connectivity index (χ4n) is 3.72. The van der Waals surface area contributed by atoms with Crippen LogP contribution >= 0.6 is 11.8 Å². The smallest absolute Gasteiger partial charge is 0.0309 e. The second-order valence-corrected chi connectivity index (χ2v) is 7.26. The number of thioether (sulfide) groups is 1. The van der Waals surface area contributed by atoms with Crippen LogP contribution in [0.15, 0.2) is 0 Å². The van der Waals surface area contributed by atoms with Gasteiger partial charge in [-0.2, -0.15) is 11.8 Å². The van der Waals surface area contributed by atoms with Gasteiger partial charge in [0.2, 0.25) is 0 Å². The van der Waals surface area contributed by atoms with Gasteiger partial charge in [-0.25, -0.2) is 0 Å². The summed E-state index contributed by atoms with van der Waals surface area (Å²) < 4.78 is 0. The molecule has 0 bridgehead atoms. The van der Waals surface area contributed by atoms with E-state index in [9.17, 15) is 0 Å². The number of likely N-dealkylation sites (tertiary alicyclic amines) is 1. The van der Waals surface area contributed by atoms with Crippen LogP contribution < -0.4 is 5.32 Å². The molecule has 0 aromatic rings. The fourth-order valence-corrected chi connectivity index (χ4v) is 4.47. The van der Waals surface area contributed by atoms with E-state index in [0.717, 1.165) is 5.25 Å². The summed E-state index contributed by atoms with van der Waals surface area (Å²) in [5.74, 6) is 0. The molecule has 0 radical (unpaired) electrons. The van der Waals surface area contributed by atoms with Crippen LogP contribution in [0.1, 0.15) is 51.9 Å². The van der Waals surface area contributed by atoms with Crippen molar-refractivity contribution in [2.75, 3.05) is 32.4 Å². The molecule has 18 heavy (non-hydrogen) atoms. The molecule has 2 unspecified atom stereocenters. The zero-order valence-electron chi connectivity index (χ0n) is 12.2. The summed E-state index contributed by atoms with van der Waals surface area (Å²) >= 11 is 2.07. The number of rotatable bonds is 5. The highest BCUT2D eigenvalue weighted by molar-refractivity contribution is 7.99. The molecule has 106 valence electrons. The Morgan fingerprint density at radius 1 is 1.28 bits per heavy atom. The molecule has 0 saturated carbocycles. The number of hydrogen-bond acceptors (Lipinski definition) is 3. The van der Waals surface area contributed by atoms with Crippen molar-refractivity contribution in [2.24, 2.45) is 0 Å². The molecule has 0 aromatic carbocycles. The van der Waals surface area contributed by atoms with Crippen molar-refractivity contribution in [3.8, 4) is 0 Å². The summed E-state index contributed by atoms with van der Waals surface area (Å²) in [6.07, 6.45) is 11.9. The first-order chi connectivity index (χ1) is 8.78. The average Bonchev–Trinajstić information content (AvgIpc) is 2.70. The number of nitrogens with one attached hydrogen (secondary N) is 1. The van der Waals surface area contributed by atoms with Crippen molar-refractivity contribution < 1.29 is 0 Å². The quantitative estimate of drug-likeness (QED) is 0.826. The van der Waals surface area contributed by atoms with Crippen molar-refractivity contribution in [3.05, 3.63) is 0 Å². The van der Waals surface area contributed by atoms with Gasteiger partial charge in [0.15, 0.2) is 0 Å². The lowest BCUT2D eigenvalue weighted by Crippen LogP contribution is -2.50. The standard InChI is InChI=1S/C15H30N2S/c1-3-8-15(9-5-10-16-15)13-17-11-4-6-14(18-2)7-12-17/h14,16H,3-13H2,1-2H3. The Bertz CT molecular complexity index is 239. The van der Waals surface area contributed by atoms with E-state index >= 15 is 0 Å². The van der Waals surface area contributed by atoms with Crippen molar-refractivity contribution in [3.63, 3.8) is 0 Å². The largest absolute Gasteiger partial charge is 0.310 e. The van der Waals surface area contributed by atoms with Gasteiger partial charge in [-0.05, 0) is 64.4 Å². The molecule has 2 nitrogen and oxygen atoms in total. The third-order valence-electron chi connectivity index (χ3n) is 4.69. The fraction of sp³-hybridized carbons (Fsp3) is 1.00. The molecule has 0 aliphatic carbocycles. The van der Waals surface area contributed by atoms with Crippen molar-refractivity contribution in [1.29, 1.82) is 0 Å². The molecule has 0 aromatic heterocycles. The topological polar surface area (TPSA) is 15.3 Å². The van der Waals surface area contributed by atoms with Gasteiger partial charge in [-0.1, -0.05) is 13.3 Å². The Morgan fingerprint density at radius 3 is 2.83 bits per heavy atom. The van der Waals surface area contributed by atoms with Crippen LogP contribution in [-0.2, 0) is 0 Å². The predicted octanol–water partition coefficient (Wildman–Crippen LogP) is 3.13. The van der Waals surface area contributed by atoms with Crippen LogP contribution in [-0.4, -0.2) is 48.1 Å². The van der Waals surface area contributed by atoms with E-state index in [1.165, 1.54) is 71.1 Å². The monoisotopic (exact) mass is 270 g/mol. The molecular formula is C15H30N2S. The van der Waals surface area contributed by atoms with Crippen LogP contribution in [0.5, 0.6) is 0 Å². The van der Waals surface area contributed by atoms with E-state index in [1.807, 2.05) is 0 Å². The average molecular weight is 270 g/mol. The van der Waals surface area contributed by atoms with Crippen LogP contribution in [0.2, 0.25) is 0 Å². The van der Waals surface area contributed by atoms with Crippen LogP contribution in [0.25, 0.3) is 0 Å². The van der Waals surface area contributed by atoms with Gasteiger partial charge in [0.05, 0.1) is 0 Å². The molecule has 2 rings (SSSR count). The number of hydrogen-bond donors (Lipinski definition) is 1. The van der Waals surface area contributed by atoms with Gasteiger partial charge >= 0.3 is 0 Å². The minimum Gasteiger partial charge on any atom is -0.310 e. The summed E-state index contributed by atoms with van der Waals surface area (Å²) in [6.45, 7) is 7.50. The molecule has 2 aliphatic rings. The molecule has 2 heterocycles. The normalized spacial score (nSPS) is 34.7. The zero-order chi connectivity index (χ0) is 12.8. The van der Waals surface area contributed by atoms with E-state index in [4.69, 9.17) is 0 Å². The Kier molecular flexibility index (Phi) is 5.84. The van der Waals surface area contributed by atoms with Crippen LogP contribution in [0.4, 0.5) is 0 Å². The Morgan fingerprint density at radius 2 is 2.17 bits per heavy atom. The third kappa shape index (κ3) is 3.88. The zero-order valence-corrected chi connectivity index (χ0v) is 13.0. The number of nitrogens with zero attached hydrogens (tertiary/aromatic N) is 1. The molecule has 2 atom stereocenters. The van der Waals surface area contributed by atoms with E-state index in [0.29, 0.717) is 5.54 Å². The van der Waals surface area contributed by atoms with Crippen molar-refractivity contribution >= 4 is 11.8 Å².